The molecule has 0 heterocycles. The number of carbonyl (C=O) groups is 3. The largest absolute Gasteiger partial charge is 0.488 e. The van der Waals surface area contributed by atoms with E-state index in [1.54, 1.807) is 36.4 Å². The van der Waals surface area contributed by atoms with E-state index in [-0.39, 0.29) is 29.8 Å². The highest BCUT2D eigenvalue weighted by Crippen LogP contribution is 2.33. The summed E-state index contributed by atoms with van der Waals surface area (Å²) in [5, 5.41) is 11.1. The van der Waals surface area contributed by atoms with Crippen LogP contribution < -0.4 is 18.9 Å². The van der Waals surface area contributed by atoms with E-state index < -0.39 is 18.0 Å². The van der Waals surface area contributed by atoms with Crippen LogP contribution >= 0.6 is 0 Å². The fourth-order valence-electron chi connectivity index (χ4n) is 4.87. The molecule has 0 fully saturated rings. The second kappa shape index (κ2) is 19.9. The quantitative estimate of drug-likeness (QED) is 0.0796. The van der Waals surface area contributed by atoms with Crippen LogP contribution in [0.2, 0.25) is 0 Å². The zero-order valence-electron chi connectivity index (χ0n) is 27.2. The maximum absolute atomic E-state index is 12.5. The first-order chi connectivity index (χ1) is 22.2. The molecule has 246 valence electrons. The van der Waals surface area contributed by atoms with E-state index in [0.717, 1.165) is 24.8 Å². The second-order valence-corrected chi connectivity index (χ2v) is 11.2. The van der Waals surface area contributed by atoms with Crippen molar-refractivity contribution >= 4 is 24.0 Å². The van der Waals surface area contributed by atoms with Crippen LogP contribution in [0.3, 0.4) is 0 Å². The Kier molecular flexibility index (Phi) is 15.6. The monoisotopic (exact) mass is 630 g/mol. The van der Waals surface area contributed by atoms with Gasteiger partial charge in [-0.3, -0.25) is 14.4 Å². The number of hydrogen-bond acceptors (Lipinski definition) is 8. The number of rotatable bonds is 19. The molecule has 1 atom stereocenters. The minimum absolute atomic E-state index is 0.190. The van der Waals surface area contributed by atoms with Crippen LogP contribution in [0.1, 0.15) is 108 Å². The van der Waals surface area contributed by atoms with Gasteiger partial charge in [0.05, 0.1) is 0 Å². The summed E-state index contributed by atoms with van der Waals surface area (Å²) in [5.74, 6) is -0.257. The average Bonchev–Trinajstić information content (AvgIpc) is 3.02. The number of aliphatic hydroxyl groups excluding tert-OH is 1. The first-order valence-corrected chi connectivity index (χ1v) is 16.1. The number of unbranched alkanes of at least 4 members (excludes halogenated alkanes) is 8. The lowest BCUT2D eigenvalue weighted by atomic mass is 10.1. The molecule has 1 unspecified atom stereocenters. The first-order valence-electron chi connectivity index (χ1n) is 16.1. The van der Waals surface area contributed by atoms with Gasteiger partial charge >= 0.3 is 17.9 Å². The van der Waals surface area contributed by atoms with Gasteiger partial charge in [0.25, 0.3) is 0 Å². The van der Waals surface area contributed by atoms with Crippen LogP contribution in [0.15, 0.2) is 72.8 Å². The Morgan fingerprint density at radius 2 is 1.33 bits per heavy atom. The van der Waals surface area contributed by atoms with Gasteiger partial charge in [-0.25, -0.2) is 0 Å². The molecule has 0 aliphatic carbocycles. The highest BCUT2D eigenvalue weighted by molar-refractivity contribution is 5.75. The Labute approximate surface area is 272 Å². The smallest absolute Gasteiger partial charge is 0.311 e. The van der Waals surface area contributed by atoms with Gasteiger partial charge < -0.3 is 24.1 Å². The van der Waals surface area contributed by atoms with Gasteiger partial charge in [0.15, 0.2) is 0 Å². The standard InChI is InChI=1S/C38H46O8/c1-4-5-6-7-8-9-10-11-15-18-38(42)46-33-21-19-31(36(25-33)45-29(3)40)20-24-35(41)34-23-22-32(44-28(2)39)26-37(34)43-27-30-16-13-12-14-17-30/h12-14,16-17,19-26,35,41H,4-11,15,18,27H2,1-3H3. The SMILES string of the molecule is CCCCCCCCCCCC(=O)Oc1ccc(C=CC(O)c2ccc(OC(C)=O)cc2OCc2ccccc2)c(OC(C)=O)c1. The second-order valence-electron chi connectivity index (χ2n) is 11.2. The van der Waals surface area contributed by atoms with Crippen molar-refractivity contribution in [3.63, 3.8) is 0 Å². The van der Waals surface area contributed by atoms with E-state index in [0.29, 0.717) is 23.3 Å². The minimum Gasteiger partial charge on any atom is -0.488 e. The summed E-state index contributed by atoms with van der Waals surface area (Å²) in [5.41, 5.74) is 1.87. The van der Waals surface area contributed by atoms with Gasteiger partial charge in [0, 0.05) is 43.5 Å². The fourth-order valence-corrected chi connectivity index (χ4v) is 4.87. The molecule has 0 aromatic heterocycles. The lowest BCUT2D eigenvalue weighted by molar-refractivity contribution is -0.134. The molecule has 8 heteroatoms. The summed E-state index contributed by atoms with van der Waals surface area (Å²) < 4.78 is 22.1. The molecule has 3 rings (SSSR count). The normalized spacial score (nSPS) is 11.7. The van der Waals surface area contributed by atoms with Crippen LogP contribution in [0, 0.1) is 0 Å². The molecule has 0 aliphatic heterocycles. The summed E-state index contributed by atoms with van der Waals surface area (Å²) in [6.45, 7) is 5.04. The number of aliphatic hydroxyl groups is 1. The Balaban J connectivity index is 1.65. The van der Waals surface area contributed by atoms with Crippen molar-refractivity contribution < 1.29 is 38.4 Å². The number of carbonyl (C=O) groups excluding carboxylic acids is 3. The summed E-state index contributed by atoms with van der Waals surface area (Å²) in [4.78, 5) is 35.8. The summed E-state index contributed by atoms with van der Waals surface area (Å²) in [7, 11) is 0. The molecule has 3 aromatic carbocycles. The third kappa shape index (κ3) is 13.3. The number of ether oxygens (including phenoxy) is 4. The van der Waals surface area contributed by atoms with E-state index >= 15 is 0 Å². The van der Waals surface area contributed by atoms with E-state index in [4.69, 9.17) is 18.9 Å². The van der Waals surface area contributed by atoms with Crippen molar-refractivity contribution in [1.82, 2.24) is 0 Å². The van der Waals surface area contributed by atoms with Gasteiger partial charge in [-0.1, -0.05) is 101 Å². The highest BCUT2D eigenvalue weighted by Gasteiger charge is 2.15. The number of hydrogen-bond donors (Lipinski definition) is 1. The zero-order chi connectivity index (χ0) is 33.1. The predicted octanol–water partition coefficient (Wildman–Crippen LogP) is 8.69. The Morgan fingerprint density at radius 3 is 2.00 bits per heavy atom. The Morgan fingerprint density at radius 1 is 0.717 bits per heavy atom. The van der Waals surface area contributed by atoms with Gasteiger partial charge in [-0.15, -0.1) is 0 Å². The molecular weight excluding hydrogens is 584 g/mol. The van der Waals surface area contributed by atoms with E-state index in [9.17, 15) is 19.5 Å². The average molecular weight is 631 g/mol. The van der Waals surface area contributed by atoms with Crippen LogP contribution in [-0.4, -0.2) is 23.0 Å². The zero-order valence-corrected chi connectivity index (χ0v) is 27.2. The Bertz CT molecular complexity index is 1430. The topological polar surface area (TPSA) is 108 Å². The predicted molar refractivity (Wildman–Crippen MR) is 178 cm³/mol. The minimum atomic E-state index is -1.11. The van der Waals surface area contributed by atoms with Crippen molar-refractivity contribution in [2.45, 2.75) is 97.7 Å². The lowest BCUT2D eigenvalue weighted by Crippen LogP contribution is -2.08. The molecule has 0 amide bonds. The van der Waals surface area contributed by atoms with E-state index in [1.165, 1.54) is 64.5 Å². The van der Waals surface area contributed by atoms with Gasteiger partial charge in [-0.2, -0.15) is 0 Å². The Hall–Kier alpha value is -4.43. The first kappa shape index (κ1) is 36.0. The molecule has 0 bridgehead atoms. The molecule has 0 radical (unpaired) electrons. The third-order valence-corrected chi connectivity index (χ3v) is 7.22. The molecule has 0 saturated carbocycles. The van der Waals surface area contributed by atoms with Crippen molar-refractivity contribution in [2.24, 2.45) is 0 Å². The molecule has 1 N–H and O–H groups in total. The third-order valence-electron chi connectivity index (χ3n) is 7.22. The maximum Gasteiger partial charge on any atom is 0.311 e. The number of esters is 3. The van der Waals surface area contributed by atoms with Crippen molar-refractivity contribution in [2.75, 3.05) is 0 Å². The molecule has 3 aromatic rings. The molecule has 0 saturated heterocycles. The summed E-state index contributed by atoms with van der Waals surface area (Å²) in [6, 6.07) is 19.1. The summed E-state index contributed by atoms with van der Waals surface area (Å²) >= 11 is 0. The summed E-state index contributed by atoms with van der Waals surface area (Å²) in [6.07, 6.45) is 12.7. The van der Waals surface area contributed by atoms with Crippen LogP contribution in [0.5, 0.6) is 23.0 Å². The molecular formula is C38H46O8. The van der Waals surface area contributed by atoms with Crippen LogP contribution in [0.4, 0.5) is 0 Å². The van der Waals surface area contributed by atoms with Crippen LogP contribution in [-0.2, 0) is 21.0 Å². The van der Waals surface area contributed by atoms with Gasteiger partial charge in [0.2, 0.25) is 0 Å². The molecule has 46 heavy (non-hydrogen) atoms. The molecule has 0 aliphatic rings. The van der Waals surface area contributed by atoms with Crippen molar-refractivity contribution in [1.29, 1.82) is 0 Å². The van der Waals surface area contributed by atoms with Crippen molar-refractivity contribution in [3.05, 3.63) is 89.5 Å². The van der Waals surface area contributed by atoms with Gasteiger partial charge in [0.1, 0.15) is 35.7 Å². The molecule has 0 spiro atoms. The van der Waals surface area contributed by atoms with Gasteiger partial charge in [-0.05, 0) is 36.2 Å². The highest BCUT2D eigenvalue weighted by atomic mass is 16.5. The number of benzene rings is 3. The maximum atomic E-state index is 12.5. The molecule has 8 nitrogen and oxygen atoms in total. The lowest BCUT2D eigenvalue weighted by Gasteiger charge is -2.16. The van der Waals surface area contributed by atoms with E-state index in [2.05, 4.69) is 6.92 Å². The van der Waals surface area contributed by atoms with Crippen LogP contribution in [0.25, 0.3) is 6.08 Å². The van der Waals surface area contributed by atoms with Crippen molar-refractivity contribution in [3.8, 4) is 23.0 Å². The van der Waals surface area contributed by atoms with E-state index in [1.807, 2.05) is 30.3 Å². The fraction of sp³-hybridized carbons (Fsp3) is 0.395.